The van der Waals surface area contributed by atoms with E-state index >= 15 is 0 Å². The lowest BCUT2D eigenvalue weighted by atomic mass is 9.90. The monoisotopic (exact) mass is 596 g/mol. The van der Waals surface area contributed by atoms with Crippen LogP contribution in [0, 0.1) is 11.8 Å². The molecular weight excluding hydrogens is 548 g/mol. The van der Waals surface area contributed by atoms with E-state index in [9.17, 15) is 24.6 Å². The second-order valence-corrected chi connectivity index (χ2v) is 11.2. The molecule has 0 saturated carbocycles. The zero-order chi connectivity index (χ0) is 31.9. The minimum absolute atomic E-state index is 0.0422. The lowest BCUT2D eigenvalue weighted by molar-refractivity contribution is -0.156. The van der Waals surface area contributed by atoms with E-state index in [-0.39, 0.29) is 29.9 Å². The maximum absolute atomic E-state index is 13.0. The Hall–Kier alpha value is -3.69. The lowest BCUT2D eigenvalue weighted by Gasteiger charge is -2.29. The van der Waals surface area contributed by atoms with Crippen molar-refractivity contribution in [2.24, 2.45) is 11.8 Å². The number of amides is 2. The molecule has 1 heterocycles. The Morgan fingerprint density at radius 3 is 2.56 bits per heavy atom. The third-order valence-electron chi connectivity index (χ3n) is 7.60. The number of hydrogen-bond donors (Lipinski definition) is 4. The van der Waals surface area contributed by atoms with Crippen LogP contribution in [0.1, 0.15) is 65.9 Å². The standard InChI is InChI=1S/C34H48N2O7/c1-7-22(2)33(40)35-25(5)34(41)43-30-17-12-10-8-9-11-16-29(42-6)21-31(38)36-27-18-26(19-28(37)20-27)15-13-14-23(3)32(39)24(30)4/h8-12,14,16,18-20,22,24-25,29-30,32,37,39H,7,13,15,17,21H2,1-6H3,(H,35,40)(H,36,38)/t22-,24+,25-,29+,30-,32+/m1/s1. The van der Waals surface area contributed by atoms with E-state index in [1.807, 2.05) is 45.1 Å². The number of fused-ring (bicyclic) bond motifs is 2. The van der Waals surface area contributed by atoms with E-state index < -0.39 is 36.2 Å². The molecule has 6 atom stereocenters. The second kappa shape index (κ2) is 18.1. The molecule has 2 rings (SSSR count). The molecule has 1 aromatic rings. The largest absolute Gasteiger partial charge is 0.508 e. The number of esters is 1. The SMILES string of the molecule is CC[C@@H](C)C(=O)N[C@H](C)C(=O)O[C@@H]1CC=CC=CC=C[C@H](OC)CC(=O)Nc2cc(O)cc(c2)CCC=C(C)[C@H](O)[C@H]1C. The van der Waals surface area contributed by atoms with Gasteiger partial charge >= 0.3 is 5.97 Å². The molecule has 0 radical (unpaired) electrons. The smallest absolute Gasteiger partial charge is 0.328 e. The number of phenolic OH excluding ortho intramolecular Hbond substituents is 1. The third-order valence-corrected chi connectivity index (χ3v) is 7.60. The number of methoxy groups -OCH3 is 1. The maximum Gasteiger partial charge on any atom is 0.328 e. The topological polar surface area (TPSA) is 134 Å². The van der Waals surface area contributed by atoms with Crippen molar-refractivity contribution < 1.29 is 34.1 Å². The molecule has 1 aromatic carbocycles. The van der Waals surface area contributed by atoms with E-state index in [1.165, 1.54) is 13.2 Å². The fraction of sp³-hybridized carbons (Fsp3) is 0.500. The van der Waals surface area contributed by atoms with E-state index in [4.69, 9.17) is 9.47 Å². The van der Waals surface area contributed by atoms with Gasteiger partial charge < -0.3 is 30.3 Å². The number of ether oxygens (including phenoxy) is 2. The number of phenols is 1. The molecule has 2 bridgehead atoms. The van der Waals surface area contributed by atoms with E-state index in [0.717, 1.165) is 11.1 Å². The first-order valence-corrected chi connectivity index (χ1v) is 15.0. The summed E-state index contributed by atoms with van der Waals surface area (Å²) in [7, 11) is 1.53. The summed E-state index contributed by atoms with van der Waals surface area (Å²) < 4.78 is 11.3. The zero-order valence-electron chi connectivity index (χ0n) is 26.2. The molecule has 0 saturated heterocycles. The van der Waals surface area contributed by atoms with Gasteiger partial charge in [-0.15, -0.1) is 0 Å². The number of aliphatic hydroxyl groups is 1. The van der Waals surface area contributed by atoms with Gasteiger partial charge in [-0.2, -0.15) is 0 Å². The van der Waals surface area contributed by atoms with Gasteiger partial charge in [0.25, 0.3) is 0 Å². The molecule has 43 heavy (non-hydrogen) atoms. The van der Waals surface area contributed by atoms with Crippen molar-refractivity contribution in [3.05, 3.63) is 71.9 Å². The Balaban J connectivity index is 2.31. The fourth-order valence-electron chi connectivity index (χ4n) is 4.55. The van der Waals surface area contributed by atoms with E-state index in [0.29, 0.717) is 31.4 Å². The Bertz CT molecular complexity index is 1200. The molecular formula is C34H48N2O7. The van der Waals surface area contributed by atoms with Crippen LogP contribution in [0.4, 0.5) is 5.69 Å². The number of carbonyl (C=O) groups excluding carboxylic acids is 3. The van der Waals surface area contributed by atoms with Gasteiger partial charge in [0.05, 0.1) is 18.6 Å². The normalized spacial score (nSPS) is 23.7. The van der Waals surface area contributed by atoms with Crippen LogP contribution in [0.5, 0.6) is 5.75 Å². The highest BCUT2D eigenvalue weighted by Crippen LogP contribution is 2.24. The van der Waals surface area contributed by atoms with Crippen LogP contribution in [-0.2, 0) is 30.3 Å². The third kappa shape index (κ3) is 12.2. The van der Waals surface area contributed by atoms with Gasteiger partial charge in [0, 0.05) is 37.1 Å². The Morgan fingerprint density at radius 1 is 1.14 bits per heavy atom. The first-order valence-electron chi connectivity index (χ1n) is 15.0. The first-order chi connectivity index (χ1) is 20.4. The molecule has 2 amide bonds. The van der Waals surface area contributed by atoms with Crippen LogP contribution < -0.4 is 10.6 Å². The van der Waals surface area contributed by atoms with Gasteiger partial charge in [-0.1, -0.05) is 63.3 Å². The molecule has 9 nitrogen and oxygen atoms in total. The summed E-state index contributed by atoms with van der Waals surface area (Å²) in [6, 6.07) is 4.12. The summed E-state index contributed by atoms with van der Waals surface area (Å²) in [4.78, 5) is 37.9. The number of aromatic hydroxyl groups is 1. The molecule has 0 aliphatic carbocycles. The number of carbonyl (C=O) groups is 3. The van der Waals surface area contributed by atoms with Crippen LogP contribution >= 0.6 is 0 Å². The fourth-order valence-corrected chi connectivity index (χ4v) is 4.55. The average Bonchev–Trinajstić information content (AvgIpc) is 2.96. The van der Waals surface area contributed by atoms with Gasteiger partial charge in [-0.25, -0.2) is 4.79 Å². The van der Waals surface area contributed by atoms with Crippen molar-refractivity contribution >= 4 is 23.5 Å². The molecule has 0 spiro atoms. The van der Waals surface area contributed by atoms with Crippen molar-refractivity contribution in [2.75, 3.05) is 12.4 Å². The number of allylic oxidation sites excluding steroid dienone is 5. The Labute approximate surface area is 255 Å². The zero-order valence-corrected chi connectivity index (χ0v) is 26.2. The highest BCUT2D eigenvalue weighted by atomic mass is 16.5. The van der Waals surface area contributed by atoms with Gasteiger partial charge in [0.2, 0.25) is 11.8 Å². The van der Waals surface area contributed by atoms with Crippen molar-refractivity contribution in [2.45, 2.75) is 91.1 Å². The molecule has 0 unspecified atom stereocenters. The first kappa shape index (κ1) is 35.5. The van der Waals surface area contributed by atoms with E-state index in [1.54, 1.807) is 44.2 Å². The molecule has 0 fully saturated rings. The summed E-state index contributed by atoms with van der Waals surface area (Å²) in [5, 5.41) is 27.0. The molecule has 236 valence electrons. The van der Waals surface area contributed by atoms with Crippen LogP contribution in [0.25, 0.3) is 0 Å². The predicted molar refractivity (Wildman–Crippen MR) is 168 cm³/mol. The summed E-state index contributed by atoms with van der Waals surface area (Å²) in [5.74, 6) is -1.63. The summed E-state index contributed by atoms with van der Waals surface area (Å²) in [6.07, 6.45) is 13.0. The number of aliphatic hydroxyl groups excluding tert-OH is 1. The minimum Gasteiger partial charge on any atom is -0.508 e. The van der Waals surface area contributed by atoms with Crippen LogP contribution in [0.2, 0.25) is 0 Å². The van der Waals surface area contributed by atoms with Crippen molar-refractivity contribution in [1.29, 1.82) is 0 Å². The molecule has 4 N–H and O–H groups in total. The van der Waals surface area contributed by atoms with Crippen LogP contribution in [0.15, 0.2) is 66.3 Å². The molecule has 1 aliphatic heterocycles. The van der Waals surface area contributed by atoms with Crippen molar-refractivity contribution in [1.82, 2.24) is 5.32 Å². The predicted octanol–water partition coefficient (Wildman–Crippen LogP) is 5.15. The lowest BCUT2D eigenvalue weighted by Crippen LogP contribution is -2.44. The number of anilines is 1. The molecule has 0 aromatic heterocycles. The molecule has 1 aliphatic rings. The highest BCUT2D eigenvalue weighted by molar-refractivity contribution is 5.91. The Kier molecular flexibility index (Phi) is 14.9. The second-order valence-electron chi connectivity index (χ2n) is 11.2. The minimum atomic E-state index is -0.881. The number of benzene rings is 1. The maximum atomic E-state index is 13.0. The summed E-state index contributed by atoms with van der Waals surface area (Å²) >= 11 is 0. The average molecular weight is 597 g/mol. The number of rotatable bonds is 6. The van der Waals surface area contributed by atoms with Crippen LogP contribution in [0.3, 0.4) is 0 Å². The number of nitrogens with one attached hydrogen (secondary N) is 2. The van der Waals surface area contributed by atoms with Gasteiger partial charge in [0.1, 0.15) is 17.9 Å². The van der Waals surface area contributed by atoms with Gasteiger partial charge in [0.15, 0.2) is 0 Å². The summed E-state index contributed by atoms with van der Waals surface area (Å²) in [6.45, 7) is 8.96. The molecule has 9 heteroatoms. The van der Waals surface area contributed by atoms with Crippen molar-refractivity contribution in [3.8, 4) is 5.75 Å². The number of aryl methyl sites for hydroxylation is 1. The van der Waals surface area contributed by atoms with Crippen molar-refractivity contribution in [3.63, 3.8) is 0 Å². The number of hydrogen-bond acceptors (Lipinski definition) is 7. The van der Waals surface area contributed by atoms with Gasteiger partial charge in [-0.05, 0) is 56.4 Å². The van der Waals surface area contributed by atoms with Crippen LogP contribution in [-0.4, -0.2) is 59.5 Å². The quantitative estimate of drug-likeness (QED) is 0.264. The highest BCUT2D eigenvalue weighted by Gasteiger charge is 2.30. The Morgan fingerprint density at radius 2 is 1.86 bits per heavy atom. The van der Waals surface area contributed by atoms with E-state index in [2.05, 4.69) is 10.6 Å². The summed E-state index contributed by atoms with van der Waals surface area (Å²) in [5.41, 5.74) is 2.04. The van der Waals surface area contributed by atoms with Gasteiger partial charge in [-0.3, -0.25) is 9.59 Å².